The lowest BCUT2D eigenvalue weighted by molar-refractivity contribution is -0.0679. The number of guanidine groups is 1. The van der Waals surface area contributed by atoms with Crippen molar-refractivity contribution in [2.75, 3.05) is 39.3 Å². The molecule has 0 bridgehead atoms. The normalized spacial score (nSPS) is 22.5. The van der Waals surface area contributed by atoms with E-state index in [0.717, 1.165) is 51.6 Å². The molecule has 138 valence electrons. The summed E-state index contributed by atoms with van der Waals surface area (Å²) in [7, 11) is 0. The van der Waals surface area contributed by atoms with Crippen LogP contribution in [0.4, 0.5) is 0 Å². The summed E-state index contributed by atoms with van der Waals surface area (Å²) in [5.74, 6) is 0.960. The second-order valence-electron chi connectivity index (χ2n) is 6.26. The molecule has 1 rings (SSSR count). The minimum Gasteiger partial charge on any atom is -0.373 e. The molecule has 1 heterocycles. The number of nitrogens with one attached hydrogen (secondary N) is 2. The molecule has 0 aromatic heterocycles. The van der Waals surface area contributed by atoms with Gasteiger partial charge in [0.05, 0.1) is 12.2 Å². The van der Waals surface area contributed by atoms with Crippen LogP contribution in [0.5, 0.6) is 0 Å². The smallest absolute Gasteiger partial charge is 0.191 e. The molecule has 0 aliphatic carbocycles. The lowest BCUT2D eigenvalue weighted by Gasteiger charge is -2.35. The van der Waals surface area contributed by atoms with Crippen LogP contribution in [-0.2, 0) is 4.74 Å². The van der Waals surface area contributed by atoms with Gasteiger partial charge in [-0.25, -0.2) is 0 Å². The molecule has 23 heavy (non-hydrogen) atoms. The highest BCUT2D eigenvalue weighted by Crippen LogP contribution is 2.10. The molecular weight excluding hydrogens is 403 g/mol. The Morgan fingerprint density at radius 2 is 1.78 bits per heavy atom. The molecule has 5 nitrogen and oxygen atoms in total. The molecule has 0 saturated carbocycles. The van der Waals surface area contributed by atoms with Crippen molar-refractivity contribution in [1.29, 1.82) is 0 Å². The van der Waals surface area contributed by atoms with Crippen molar-refractivity contribution >= 4 is 29.9 Å². The van der Waals surface area contributed by atoms with Gasteiger partial charge in [0.1, 0.15) is 0 Å². The van der Waals surface area contributed by atoms with Gasteiger partial charge in [0, 0.05) is 39.3 Å². The number of nitrogens with zero attached hydrogens (tertiary/aromatic N) is 2. The topological polar surface area (TPSA) is 48.9 Å². The van der Waals surface area contributed by atoms with E-state index in [9.17, 15) is 0 Å². The highest BCUT2D eigenvalue weighted by molar-refractivity contribution is 14.0. The number of hydrogen-bond acceptors (Lipinski definition) is 3. The highest BCUT2D eigenvalue weighted by atomic mass is 127. The first kappa shape index (κ1) is 22.9. The highest BCUT2D eigenvalue weighted by Gasteiger charge is 2.21. The Kier molecular flexibility index (Phi) is 14.2. The monoisotopic (exact) mass is 440 g/mol. The summed E-state index contributed by atoms with van der Waals surface area (Å²) in [4.78, 5) is 7.17. The Morgan fingerprint density at radius 3 is 2.39 bits per heavy atom. The number of rotatable bonds is 9. The van der Waals surface area contributed by atoms with Crippen LogP contribution in [-0.4, -0.2) is 62.3 Å². The first-order valence-electron chi connectivity index (χ1n) is 9.05. The molecule has 0 radical (unpaired) electrons. The Hall–Kier alpha value is -0.0800. The zero-order valence-corrected chi connectivity index (χ0v) is 17.8. The Bertz CT molecular complexity index is 305. The quantitative estimate of drug-likeness (QED) is 0.251. The van der Waals surface area contributed by atoms with Gasteiger partial charge in [-0.15, -0.1) is 24.0 Å². The van der Waals surface area contributed by atoms with Crippen molar-refractivity contribution in [3.63, 3.8) is 0 Å². The minimum absolute atomic E-state index is 0. The molecule has 2 N–H and O–H groups in total. The summed E-state index contributed by atoms with van der Waals surface area (Å²) in [6, 6.07) is 0. The molecule has 0 aromatic rings. The third-order valence-electron chi connectivity index (χ3n) is 3.81. The van der Waals surface area contributed by atoms with E-state index in [0.29, 0.717) is 12.2 Å². The van der Waals surface area contributed by atoms with E-state index < -0.39 is 0 Å². The Morgan fingerprint density at radius 1 is 1.09 bits per heavy atom. The summed E-state index contributed by atoms with van der Waals surface area (Å²) in [6.07, 6.45) is 5.55. The number of hydrogen-bond donors (Lipinski definition) is 2. The van der Waals surface area contributed by atoms with Crippen molar-refractivity contribution in [3.05, 3.63) is 0 Å². The Labute approximate surface area is 160 Å². The fourth-order valence-electron chi connectivity index (χ4n) is 2.88. The van der Waals surface area contributed by atoms with Gasteiger partial charge >= 0.3 is 0 Å². The maximum Gasteiger partial charge on any atom is 0.191 e. The zero-order chi connectivity index (χ0) is 16.2. The maximum absolute atomic E-state index is 5.77. The molecule has 0 amide bonds. The summed E-state index contributed by atoms with van der Waals surface area (Å²) < 4.78 is 5.77. The van der Waals surface area contributed by atoms with Crippen molar-refractivity contribution in [3.8, 4) is 0 Å². The number of ether oxygens (including phenoxy) is 1. The van der Waals surface area contributed by atoms with E-state index in [4.69, 9.17) is 4.74 Å². The number of unbranched alkanes of at least 4 members (excludes halogenated alkanes) is 2. The predicted octanol–water partition coefficient (Wildman–Crippen LogP) is 2.85. The third-order valence-corrected chi connectivity index (χ3v) is 3.81. The first-order valence-corrected chi connectivity index (χ1v) is 9.05. The van der Waals surface area contributed by atoms with Crippen molar-refractivity contribution < 1.29 is 4.74 Å². The fourth-order valence-corrected chi connectivity index (χ4v) is 2.88. The molecule has 2 atom stereocenters. The van der Waals surface area contributed by atoms with Crippen molar-refractivity contribution in [1.82, 2.24) is 15.5 Å². The summed E-state index contributed by atoms with van der Waals surface area (Å²) in [5, 5.41) is 6.73. The number of aliphatic imine (C=N–C) groups is 1. The standard InChI is InChI=1S/C17H36N4O.HI/c1-5-7-8-10-19-17(18-6-2)20-11-9-12-21-13-15(3)22-16(4)14-21;/h15-16H,5-14H2,1-4H3,(H2,18,19,20);1H. The van der Waals surface area contributed by atoms with Crippen LogP contribution >= 0.6 is 24.0 Å². The van der Waals surface area contributed by atoms with E-state index in [1.54, 1.807) is 0 Å². The molecule has 0 spiro atoms. The van der Waals surface area contributed by atoms with Crippen LogP contribution in [0.3, 0.4) is 0 Å². The Balaban J connectivity index is 0.00000484. The molecule has 2 unspecified atom stereocenters. The van der Waals surface area contributed by atoms with Crippen molar-refractivity contribution in [2.24, 2.45) is 4.99 Å². The largest absolute Gasteiger partial charge is 0.373 e. The van der Waals surface area contributed by atoms with Crippen LogP contribution in [0.25, 0.3) is 0 Å². The van der Waals surface area contributed by atoms with E-state index >= 15 is 0 Å². The number of morpholine rings is 1. The van der Waals surface area contributed by atoms with E-state index in [2.05, 4.69) is 48.2 Å². The zero-order valence-electron chi connectivity index (χ0n) is 15.4. The van der Waals surface area contributed by atoms with Gasteiger partial charge in [0.2, 0.25) is 0 Å². The summed E-state index contributed by atoms with van der Waals surface area (Å²) >= 11 is 0. The van der Waals surface area contributed by atoms with Gasteiger partial charge < -0.3 is 15.4 Å². The summed E-state index contributed by atoms with van der Waals surface area (Å²) in [6.45, 7) is 14.7. The van der Waals surface area contributed by atoms with Crippen LogP contribution < -0.4 is 10.6 Å². The SMILES string of the molecule is CCCCCNC(=NCCCN1CC(C)OC(C)C1)NCC.I. The summed E-state index contributed by atoms with van der Waals surface area (Å²) in [5.41, 5.74) is 0. The van der Waals surface area contributed by atoms with Gasteiger partial charge in [-0.3, -0.25) is 9.89 Å². The van der Waals surface area contributed by atoms with Crippen molar-refractivity contribution in [2.45, 2.75) is 65.6 Å². The average Bonchev–Trinajstić information content (AvgIpc) is 2.47. The van der Waals surface area contributed by atoms with Crippen LogP contribution in [0, 0.1) is 0 Å². The van der Waals surface area contributed by atoms with Gasteiger partial charge in [0.15, 0.2) is 5.96 Å². The van der Waals surface area contributed by atoms with Gasteiger partial charge in [-0.1, -0.05) is 19.8 Å². The van der Waals surface area contributed by atoms with Crippen LogP contribution in [0.2, 0.25) is 0 Å². The molecule has 1 aliphatic heterocycles. The second-order valence-corrected chi connectivity index (χ2v) is 6.26. The molecule has 1 fully saturated rings. The van der Waals surface area contributed by atoms with Gasteiger partial charge in [-0.05, 0) is 33.6 Å². The van der Waals surface area contributed by atoms with E-state index in [-0.39, 0.29) is 24.0 Å². The lowest BCUT2D eigenvalue weighted by Crippen LogP contribution is -2.45. The number of halogens is 1. The van der Waals surface area contributed by atoms with E-state index in [1.165, 1.54) is 19.3 Å². The molecule has 6 heteroatoms. The average molecular weight is 440 g/mol. The van der Waals surface area contributed by atoms with Crippen LogP contribution in [0.15, 0.2) is 4.99 Å². The van der Waals surface area contributed by atoms with Gasteiger partial charge in [-0.2, -0.15) is 0 Å². The minimum atomic E-state index is 0. The fraction of sp³-hybridized carbons (Fsp3) is 0.941. The maximum atomic E-state index is 5.77. The molecule has 1 aliphatic rings. The molecule has 0 aromatic carbocycles. The molecule has 1 saturated heterocycles. The third kappa shape index (κ3) is 11.2. The first-order chi connectivity index (χ1) is 10.7. The van der Waals surface area contributed by atoms with E-state index in [1.807, 2.05) is 0 Å². The second kappa shape index (κ2) is 14.3. The predicted molar refractivity (Wildman–Crippen MR) is 110 cm³/mol. The lowest BCUT2D eigenvalue weighted by atomic mass is 10.2. The van der Waals surface area contributed by atoms with Gasteiger partial charge in [0.25, 0.3) is 0 Å². The molecular formula is C17H37IN4O. The van der Waals surface area contributed by atoms with Crippen LogP contribution in [0.1, 0.15) is 53.4 Å².